The highest BCUT2D eigenvalue weighted by molar-refractivity contribution is 7.07. The van der Waals surface area contributed by atoms with Gasteiger partial charge in [-0.2, -0.15) is 5.10 Å². The van der Waals surface area contributed by atoms with Gasteiger partial charge in [-0.3, -0.25) is 4.99 Å². The number of hydrogen-bond donors (Lipinski definition) is 0. The second kappa shape index (κ2) is 7.57. The number of hydrogen-bond acceptors (Lipinski definition) is 3. The van der Waals surface area contributed by atoms with Crippen molar-refractivity contribution in [3.63, 3.8) is 0 Å². The molecule has 3 nitrogen and oxygen atoms in total. The summed E-state index contributed by atoms with van der Waals surface area (Å²) in [7, 11) is 0. The first-order valence-electron chi connectivity index (χ1n) is 8.15. The fourth-order valence-corrected chi connectivity index (χ4v) is 3.31. The van der Waals surface area contributed by atoms with Crippen molar-refractivity contribution in [2.75, 3.05) is 0 Å². The quantitative estimate of drug-likeness (QED) is 0.600. The Morgan fingerprint density at radius 1 is 1.08 bits per heavy atom. The van der Waals surface area contributed by atoms with Crippen LogP contribution in [0.4, 0.5) is 4.39 Å². The van der Waals surface area contributed by atoms with Crippen LogP contribution in [0, 0.1) is 12.7 Å². The Kier molecular flexibility index (Phi) is 5.24. The average molecular weight is 353 g/mol. The van der Waals surface area contributed by atoms with Gasteiger partial charge in [0.05, 0.1) is 11.9 Å². The molecule has 0 N–H and O–H groups in total. The maximum Gasteiger partial charge on any atom is 0.206 e. The van der Waals surface area contributed by atoms with Crippen LogP contribution in [0.3, 0.4) is 0 Å². The Labute approximate surface area is 150 Å². The first-order valence-corrected chi connectivity index (χ1v) is 9.03. The number of halogens is 1. The van der Waals surface area contributed by atoms with Gasteiger partial charge in [-0.25, -0.2) is 9.07 Å². The third kappa shape index (κ3) is 4.12. The molecule has 5 heteroatoms. The van der Waals surface area contributed by atoms with Crippen LogP contribution in [0.2, 0.25) is 0 Å². The van der Waals surface area contributed by atoms with Gasteiger partial charge in [0.25, 0.3) is 0 Å². The fraction of sp³-hybridized carbons (Fsp3) is 0.200. The molecule has 0 unspecified atom stereocenters. The molecule has 0 amide bonds. The number of thiazole rings is 1. The molecule has 3 aromatic rings. The van der Waals surface area contributed by atoms with Gasteiger partial charge in [-0.1, -0.05) is 42.0 Å². The van der Waals surface area contributed by atoms with Crippen molar-refractivity contribution in [2.24, 2.45) is 10.1 Å². The zero-order chi connectivity index (χ0) is 17.8. The minimum absolute atomic E-state index is 0.132. The van der Waals surface area contributed by atoms with Crippen molar-refractivity contribution in [3.05, 3.63) is 75.7 Å². The van der Waals surface area contributed by atoms with Crippen LogP contribution in [0.1, 0.15) is 25.0 Å². The van der Waals surface area contributed by atoms with E-state index in [2.05, 4.69) is 10.1 Å². The van der Waals surface area contributed by atoms with Gasteiger partial charge in [-0.15, -0.1) is 11.3 Å². The highest BCUT2D eigenvalue weighted by Gasteiger charge is 2.11. The molecule has 0 atom stereocenters. The van der Waals surface area contributed by atoms with Gasteiger partial charge >= 0.3 is 0 Å². The molecule has 0 spiro atoms. The Hall–Kier alpha value is -2.53. The van der Waals surface area contributed by atoms with Crippen LogP contribution in [-0.4, -0.2) is 16.9 Å². The molecule has 0 aliphatic rings. The molecule has 1 aromatic heterocycles. The summed E-state index contributed by atoms with van der Waals surface area (Å²) in [6.45, 7) is 6.07. The van der Waals surface area contributed by atoms with E-state index in [1.54, 1.807) is 23.0 Å². The van der Waals surface area contributed by atoms with Gasteiger partial charge in [0, 0.05) is 17.0 Å². The molecule has 3 rings (SSSR count). The van der Waals surface area contributed by atoms with Crippen LogP contribution in [-0.2, 0) is 0 Å². The molecule has 0 radical (unpaired) electrons. The topological polar surface area (TPSA) is 29.6 Å². The Morgan fingerprint density at radius 3 is 2.48 bits per heavy atom. The second-order valence-corrected chi connectivity index (χ2v) is 6.91. The van der Waals surface area contributed by atoms with Gasteiger partial charge in [0.2, 0.25) is 4.80 Å². The van der Waals surface area contributed by atoms with E-state index in [9.17, 15) is 4.39 Å². The summed E-state index contributed by atoms with van der Waals surface area (Å²) in [5.74, 6) is -0.268. The van der Waals surface area contributed by atoms with E-state index < -0.39 is 0 Å². The second-order valence-electron chi connectivity index (χ2n) is 6.07. The van der Waals surface area contributed by atoms with Gasteiger partial charge in [0.1, 0.15) is 5.82 Å². The van der Waals surface area contributed by atoms with E-state index >= 15 is 0 Å². The maximum atomic E-state index is 14.2. The molecule has 0 fully saturated rings. The lowest BCUT2D eigenvalue weighted by atomic mass is 10.1. The van der Waals surface area contributed by atoms with Crippen molar-refractivity contribution in [1.82, 2.24) is 4.68 Å². The molecular formula is C20H20FN3S. The molecule has 0 saturated heterocycles. The lowest BCUT2D eigenvalue weighted by molar-refractivity contribution is 0.629. The summed E-state index contributed by atoms with van der Waals surface area (Å²) in [6, 6.07) is 14.9. The van der Waals surface area contributed by atoms with E-state index in [0.29, 0.717) is 11.3 Å². The third-order valence-corrected chi connectivity index (χ3v) is 4.43. The largest absolute Gasteiger partial charge is 0.255 e. The normalized spacial score (nSPS) is 12.4. The van der Waals surface area contributed by atoms with Crippen LogP contribution in [0.15, 0.2) is 64.0 Å². The van der Waals surface area contributed by atoms with Crippen molar-refractivity contribution in [2.45, 2.75) is 26.8 Å². The molecule has 0 aliphatic heterocycles. The van der Waals surface area contributed by atoms with E-state index in [1.165, 1.54) is 23.0 Å². The highest BCUT2D eigenvalue weighted by Crippen LogP contribution is 2.23. The van der Waals surface area contributed by atoms with Gasteiger partial charge in [-0.05, 0) is 38.5 Å². The number of rotatable bonds is 4. The third-order valence-electron chi connectivity index (χ3n) is 3.60. The number of aromatic nitrogens is 1. The Bertz CT molecular complexity index is 950. The van der Waals surface area contributed by atoms with E-state index in [0.717, 1.165) is 10.4 Å². The molecule has 0 bridgehead atoms. The maximum absolute atomic E-state index is 14.2. The summed E-state index contributed by atoms with van der Waals surface area (Å²) in [5.41, 5.74) is 3.40. The minimum atomic E-state index is -0.268. The summed E-state index contributed by atoms with van der Waals surface area (Å²) in [5, 5.41) is 6.47. The molecule has 0 aliphatic carbocycles. The van der Waals surface area contributed by atoms with Crippen molar-refractivity contribution < 1.29 is 4.39 Å². The molecule has 128 valence electrons. The Balaban J connectivity index is 2.11. The average Bonchev–Trinajstić information content (AvgIpc) is 2.96. The predicted octanol–water partition coefficient (Wildman–Crippen LogP) is 4.86. The molecule has 0 saturated carbocycles. The van der Waals surface area contributed by atoms with Crippen LogP contribution in [0.25, 0.3) is 11.3 Å². The Morgan fingerprint density at radius 2 is 1.80 bits per heavy atom. The van der Waals surface area contributed by atoms with Gasteiger partial charge in [0.15, 0.2) is 0 Å². The standard InChI is InChI=1S/C20H20FN3S/c1-14(2)23-20-24(22-12-16-10-8-15(3)9-11-16)19(13-25-20)17-6-4-5-7-18(17)21/h4-14H,1-3H3. The lowest BCUT2D eigenvalue weighted by Crippen LogP contribution is -2.14. The summed E-state index contributed by atoms with van der Waals surface area (Å²) in [6.07, 6.45) is 1.77. The predicted molar refractivity (Wildman–Crippen MR) is 103 cm³/mol. The van der Waals surface area contributed by atoms with Gasteiger partial charge < -0.3 is 0 Å². The molecule has 25 heavy (non-hydrogen) atoms. The van der Waals surface area contributed by atoms with Crippen molar-refractivity contribution in [3.8, 4) is 11.3 Å². The zero-order valence-corrected chi connectivity index (χ0v) is 15.3. The van der Waals surface area contributed by atoms with Crippen molar-refractivity contribution in [1.29, 1.82) is 0 Å². The molecular weight excluding hydrogens is 333 g/mol. The van der Waals surface area contributed by atoms with Crippen LogP contribution >= 0.6 is 11.3 Å². The minimum Gasteiger partial charge on any atom is -0.255 e. The smallest absolute Gasteiger partial charge is 0.206 e. The molecule has 2 aromatic carbocycles. The lowest BCUT2D eigenvalue weighted by Gasteiger charge is -2.05. The van der Waals surface area contributed by atoms with E-state index in [4.69, 9.17) is 0 Å². The number of aryl methyl sites for hydroxylation is 1. The van der Waals surface area contributed by atoms with E-state index in [-0.39, 0.29) is 11.9 Å². The summed E-state index contributed by atoms with van der Waals surface area (Å²) < 4.78 is 16.0. The summed E-state index contributed by atoms with van der Waals surface area (Å²) in [4.78, 5) is 5.35. The van der Waals surface area contributed by atoms with Crippen molar-refractivity contribution >= 4 is 17.6 Å². The SMILES string of the molecule is Cc1ccc(C=Nn2c(-c3ccccc3F)csc2=NC(C)C)cc1. The van der Waals surface area contributed by atoms with E-state index in [1.807, 2.05) is 56.5 Å². The zero-order valence-electron chi connectivity index (χ0n) is 14.5. The fourth-order valence-electron chi connectivity index (χ4n) is 2.35. The first-order chi connectivity index (χ1) is 12.0. The van der Waals surface area contributed by atoms with Crippen LogP contribution < -0.4 is 4.80 Å². The molecule has 1 heterocycles. The highest BCUT2D eigenvalue weighted by atomic mass is 32.1. The monoisotopic (exact) mass is 353 g/mol. The summed E-state index contributed by atoms with van der Waals surface area (Å²) >= 11 is 1.46. The number of benzene rings is 2. The number of nitrogens with zero attached hydrogens (tertiary/aromatic N) is 3. The van der Waals surface area contributed by atoms with Crippen LogP contribution in [0.5, 0.6) is 0 Å². The first kappa shape index (κ1) is 17.3.